The molecule has 0 aromatic carbocycles. The first-order chi connectivity index (χ1) is 7.27. The molecule has 1 N–H and O–H groups in total. The number of carbonyl (C=O) groups excluding carboxylic acids is 1. The fraction of sp³-hybridized carbons (Fsp3) is 0. The lowest BCUT2D eigenvalue weighted by Crippen LogP contribution is -2.11. The lowest BCUT2D eigenvalue weighted by molar-refractivity contribution is 0.102. The summed E-state index contributed by atoms with van der Waals surface area (Å²) in [5, 5.41) is 5.96. The van der Waals surface area contributed by atoms with Crippen molar-refractivity contribution in [3.63, 3.8) is 0 Å². The first kappa shape index (κ1) is 9.79. The first-order valence-electron chi connectivity index (χ1n) is 4.20. The summed E-state index contributed by atoms with van der Waals surface area (Å²) in [6.45, 7) is 0. The Morgan fingerprint density at radius 1 is 1.47 bits per heavy atom. The highest BCUT2D eigenvalue weighted by Gasteiger charge is 2.08. The number of pyridine rings is 1. The van der Waals surface area contributed by atoms with Crippen molar-refractivity contribution in [3.05, 3.63) is 46.7 Å². The van der Waals surface area contributed by atoms with Gasteiger partial charge in [0.2, 0.25) is 0 Å². The number of nitrogens with zero attached hydrogens (tertiary/aromatic N) is 1. The second-order valence-electron chi connectivity index (χ2n) is 2.82. The molecule has 5 heteroatoms. The average molecular weight is 222 g/mol. The molecule has 0 spiro atoms. The van der Waals surface area contributed by atoms with Gasteiger partial charge < -0.3 is 5.32 Å². The molecule has 2 rings (SSSR count). The minimum absolute atomic E-state index is 0.140. The fourth-order valence-electron chi connectivity index (χ4n) is 1.06. The molecule has 0 saturated carbocycles. The Kier molecular flexibility index (Phi) is 2.73. The molecule has 0 aliphatic carbocycles. The van der Waals surface area contributed by atoms with E-state index in [1.807, 2.05) is 0 Å². The van der Waals surface area contributed by atoms with E-state index in [0.717, 1.165) is 6.20 Å². The van der Waals surface area contributed by atoms with E-state index in [-0.39, 0.29) is 11.6 Å². The summed E-state index contributed by atoms with van der Waals surface area (Å²) < 4.78 is 13.1. The van der Waals surface area contributed by atoms with Gasteiger partial charge in [-0.3, -0.25) is 9.78 Å². The standard InChI is InChI=1S/C10H7FN2OS/c11-8-5-12-3-1-9(8)13-10(14)7-2-4-15-6-7/h1-6H,(H,12,13,14). The summed E-state index contributed by atoms with van der Waals surface area (Å²) in [5.41, 5.74) is 0.664. The molecule has 0 saturated heterocycles. The third-order valence-electron chi connectivity index (χ3n) is 1.80. The van der Waals surface area contributed by atoms with E-state index < -0.39 is 5.82 Å². The molecule has 0 fully saturated rings. The lowest BCUT2D eigenvalue weighted by atomic mass is 10.3. The molecule has 0 atom stereocenters. The van der Waals surface area contributed by atoms with E-state index in [2.05, 4.69) is 10.3 Å². The topological polar surface area (TPSA) is 42.0 Å². The van der Waals surface area contributed by atoms with Crippen LogP contribution in [-0.4, -0.2) is 10.9 Å². The Morgan fingerprint density at radius 2 is 2.33 bits per heavy atom. The van der Waals surface area contributed by atoms with E-state index >= 15 is 0 Å². The van der Waals surface area contributed by atoms with Crippen LogP contribution in [0.1, 0.15) is 10.4 Å². The predicted molar refractivity (Wildman–Crippen MR) is 56.5 cm³/mol. The quantitative estimate of drug-likeness (QED) is 0.848. The van der Waals surface area contributed by atoms with Gasteiger partial charge in [0, 0.05) is 11.6 Å². The van der Waals surface area contributed by atoms with Crippen molar-refractivity contribution in [1.29, 1.82) is 0 Å². The van der Waals surface area contributed by atoms with Crippen LogP contribution in [0.5, 0.6) is 0 Å². The van der Waals surface area contributed by atoms with Gasteiger partial charge in [-0.25, -0.2) is 4.39 Å². The van der Waals surface area contributed by atoms with Crippen LogP contribution >= 0.6 is 11.3 Å². The van der Waals surface area contributed by atoms with Gasteiger partial charge in [-0.1, -0.05) is 0 Å². The number of anilines is 1. The van der Waals surface area contributed by atoms with E-state index in [1.165, 1.54) is 23.6 Å². The number of amides is 1. The summed E-state index contributed by atoms with van der Waals surface area (Å²) in [6.07, 6.45) is 2.48. The minimum atomic E-state index is -0.541. The summed E-state index contributed by atoms with van der Waals surface area (Å²) in [6, 6.07) is 3.10. The summed E-state index contributed by atoms with van der Waals surface area (Å²) >= 11 is 1.42. The Morgan fingerprint density at radius 3 is 3.00 bits per heavy atom. The third-order valence-corrected chi connectivity index (χ3v) is 2.49. The second kappa shape index (κ2) is 4.18. The van der Waals surface area contributed by atoms with E-state index in [4.69, 9.17) is 0 Å². The van der Waals surface area contributed by atoms with Crippen LogP contribution in [0.3, 0.4) is 0 Å². The van der Waals surface area contributed by atoms with Crippen LogP contribution in [0, 0.1) is 5.82 Å². The number of aromatic nitrogens is 1. The zero-order valence-electron chi connectivity index (χ0n) is 7.61. The fourth-order valence-corrected chi connectivity index (χ4v) is 1.70. The number of thiophene rings is 1. The monoisotopic (exact) mass is 222 g/mol. The normalized spacial score (nSPS) is 9.93. The van der Waals surface area contributed by atoms with Crippen molar-refractivity contribution >= 4 is 22.9 Å². The maximum atomic E-state index is 13.1. The van der Waals surface area contributed by atoms with Gasteiger partial charge in [0.25, 0.3) is 5.91 Å². The number of nitrogens with one attached hydrogen (secondary N) is 1. The molecule has 15 heavy (non-hydrogen) atoms. The number of hydrogen-bond donors (Lipinski definition) is 1. The van der Waals surface area contributed by atoms with Gasteiger partial charge in [0.15, 0.2) is 5.82 Å². The molecular weight excluding hydrogens is 215 g/mol. The van der Waals surface area contributed by atoms with Gasteiger partial charge in [-0.05, 0) is 17.5 Å². The molecular formula is C10H7FN2OS. The Bertz CT molecular complexity index is 470. The van der Waals surface area contributed by atoms with Crippen molar-refractivity contribution in [2.75, 3.05) is 5.32 Å². The molecule has 2 aromatic heterocycles. The van der Waals surface area contributed by atoms with Crippen LogP contribution < -0.4 is 5.32 Å². The highest BCUT2D eigenvalue weighted by atomic mass is 32.1. The summed E-state index contributed by atoms with van der Waals surface area (Å²) in [5.74, 6) is -0.859. The highest BCUT2D eigenvalue weighted by molar-refractivity contribution is 7.08. The molecule has 0 bridgehead atoms. The molecule has 2 heterocycles. The Hall–Kier alpha value is -1.75. The van der Waals surface area contributed by atoms with Crippen molar-refractivity contribution < 1.29 is 9.18 Å². The summed E-state index contributed by atoms with van der Waals surface area (Å²) in [7, 11) is 0. The van der Waals surface area contributed by atoms with Gasteiger partial charge in [0.1, 0.15) is 0 Å². The minimum Gasteiger partial charge on any atom is -0.319 e. The molecule has 0 aliphatic heterocycles. The molecule has 2 aromatic rings. The van der Waals surface area contributed by atoms with E-state index in [9.17, 15) is 9.18 Å². The Balaban J connectivity index is 2.17. The van der Waals surface area contributed by atoms with Crippen LogP contribution in [0.25, 0.3) is 0 Å². The number of rotatable bonds is 2. The van der Waals surface area contributed by atoms with Gasteiger partial charge >= 0.3 is 0 Å². The van der Waals surface area contributed by atoms with E-state index in [0.29, 0.717) is 5.56 Å². The maximum absolute atomic E-state index is 13.1. The Labute approximate surface area is 89.6 Å². The van der Waals surface area contributed by atoms with Crippen molar-refractivity contribution in [3.8, 4) is 0 Å². The van der Waals surface area contributed by atoms with Gasteiger partial charge in [0.05, 0.1) is 17.4 Å². The number of halogens is 1. The molecule has 0 unspecified atom stereocenters. The van der Waals surface area contributed by atoms with Crippen LogP contribution in [0.4, 0.5) is 10.1 Å². The number of hydrogen-bond acceptors (Lipinski definition) is 3. The zero-order valence-corrected chi connectivity index (χ0v) is 8.42. The maximum Gasteiger partial charge on any atom is 0.256 e. The zero-order chi connectivity index (χ0) is 10.7. The molecule has 0 radical (unpaired) electrons. The van der Waals surface area contributed by atoms with Gasteiger partial charge in [-0.15, -0.1) is 0 Å². The van der Waals surface area contributed by atoms with Crippen LogP contribution in [0.15, 0.2) is 35.3 Å². The van der Waals surface area contributed by atoms with Crippen molar-refractivity contribution in [1.82, 2.24) is 4.98 Å². The molecule has 76 valence electrons. The summed E-state index contributed by atoms with van der Waals surface area (Å²) in [4.78, 5) is 15.1. The van der Waals surface area contributed by atoms with Crippen LogP contribution in [0.2, 0.25) is 0 Å². The SMILES string of the molecule is O=C(Nc1ccncc1F)c1ccsc1. The highest BCUT2D eigenvalue weighted by Crippen LogP contribution is 2.13. The first-order valence-corrected chi connectivity index (χ1v) is 5.15. The van der Waals surface area contributed by atoms with Gasteiger partial charge in [-0.2, -0.15) is 11.3 Å². The van der Waals surface area contributed by atoms with Crippen molar-refractivity contribution in [2.45, 2.75) is 0 Å². The molecule has 0 aliphatic rings. The predicted octanol–water partition coefficient (Wildman–Crippen LogP) is 2.53. The van der Waals surface area contributed by atoms with Crippen LogP contribution in [-0.2, 0) is 0 Å². The average Bonchev–Trinajstić information content (AvgIpc) is 2.74. The largest absolute Gasteiger partial charge is 0.319 e. The van der Waals surface area contributed by atoms with Crippen molar-refractivity contribution in [2.24, 2.45) is 0 Å². The smallest absolute Gasteiger partial charge is 0.256 e. The molecule has 3 nitrogen and oxygen atoms in total. The molecule has 1 amide bonds. The lowest BCUT2D eigenvalue weighted by Gasteiger charge is -2.03. The second-order valence-corrected chi connectivity index (χ2v) is 3.60. The van der Waals surface area contributed by atoms with E-state index in [1.54, 1.807) is 16.8 Å². The third kappa shape index (κ3) is 2.19. The number of carbonyl (C=O) groups is 1.